The Morgan fingerprint density at radius 3 is 2.45 bits per heavy atom. The fourth-order valence-electron chi connectivity index (χ4n) is 2.46. The number of hydrogen-bond donors (Lipinski definition) is 2. The molecule has 0 aromatic heterocycles. The highest BCUT2D eigenvalue weighted by Crippen LogP contribution is 2.11. The second-order valence-electron chi connectivity index (χ2n) is 5.75. The third-order valence-electron chi connectivity index (χ3n) is 3.77. The van der Waals surface area contributed by atoms with Gasteiger partial charge in [0.1, 0.15) is 11.9 Å². The Labute approximate surface area is 129 Å². The average molecular weight is 307 g/mol. The van der Waals surface area contributed by atoms with E-state index in [0.29, 0.717) is 13.1 Å². The highest BCUT2D eigenvalue weighted by atomic mass is 19.1. The van der Waals surface area contributed by atoms with Crippen LogP contribution in [-0.2, 0) is 4.79 Å². The number of amides is 2. The smallest absolute Gasteiger partial charge is 0.254 e. The van der Waals surface area contributed by atoms with Gasteiger partial charge in [0.15, 0.2) is 0 Å². The average Bonchev–Trinajstić information content (AvgIpc) is 2.52. The second-order valence-corrected chi connectivity index (χ2v) is 5.75. The van der Waals surface area contributed by atoms with Gasteiger partial charge in [-0.05, 0) is 18.1 Å². The van der Waals surface area contributed by atoms with Gasteiger partial charge in [-0.1, -0.05) is 26.0 Å². The van der Waals surface area contributed by atoms with Crippen LogP contribution in [0.5, 0.6) is 0 Å². The molecule has 2 N–H and O–H groups in total. The van der Waals surface area contributed by atoms with Crippen LogP contribution in [0.4, 0.5) is 4.39 Å². The Kier molecular flexibility index (Phi) is 5.49. The number of piperazine rings is 1. The van der Waals surface area contributed by atoms with Crippen molar-refractivity contribution in [2.24, 2.45) is 5.92 Å². The van der Waals surface area contributed by atoms with E-state index >= 15 is 0 Å². The van der Waals surface area contributed by atoms with Gasteiger partial charge in [0.25, 0.3) is 5.91 Å². The molecule has 0 saturated carbocycles. The lowest BCUT2D eigenvalue weighted by molar-refractivity contribution is -0.134. The zero-order chi connectivity index (χ0) is 16.1. The molecule has 1 aromatic rings. The SMILES string of the molecule is CC(C)C(NC(=O)c1ccccc1F)C(=O)N1CCNCC1. The van der Waals surface area contributed by atoms with Crippen molar-refractivity contribution < 1.29 is 14.0 Å². The number of halogens is 1. The molecule has 1 aromatic carbocycles. The molecule has 6 heteroatoms. The van der Waals surface area contributed by atoms with Crippen molar-refractivity contribution >= 4 is 11.8 Å². The molecule has 5 nitrogen and oxygen atoms in total. The van der Waals surface area contributed by atoms with Gasteiger partial charge in [0, 0.05) is 26.2 Å². The van der Waals surface area contributed by atoms with Crippen LogP contribution in [0.15, 0.2) is 24.3 Å². The maximum atomic E-state index is 13.7. The van der Waals surface area contributed by atoms with Crippen LogP contribution >= 0.6 is 0 Å². The van der Waals surface area contributed by atoms with E-state index in [-0.39, 0.29) is 17.4 Å². The molecule has 0 bridgehead atoms. The summed E-state index contributed by atoms with van der Waals surface area (Å²) in [6.45, 7) is 6.48. The van der Waals surface area contributed by atoms with Gasteiger partial charge in [0.2, 0.25) is 5.91 Å². The van der Waals surface area contributed by atoms with Gasteiger partial charge in [-0.2, -0.15) is 0 Å². The van der Waals surface area contributed by atoms with Gasteiger partial charge < -0.3 is 15.5 Å². The van der Waals surface area contributed by atoms with E-state index < -0.39 is 17.8 Å². The molecular weight excluding hydrogens is 285 g/mol. The summed E-state index contributed by atoms with van der Waals surface area (Å²) in [7, 11) is 0. The quantitative estimate of drug-likeness (QED) is 0.873. The van der Waals surface area contributed by atoms with E-state index in [9.17, 15) is 14.0 Å². The van der Waals surface area contributed by atoms with Crippen molar-refractivity contribution in [2.75, 3.05) is 26.2 Å². The summed E-state index contributed by atoms with van der Waals surface area (Å²) in [4.78, 5) is 26.6. The summed E-state index contributed by atoms with van der Waals surface area (Å²) in [5.41, 5.74) is -0.0405. The molecule has 2 rings (SSSR count). The monoisotopic (exact) mass is 307 g/mol. The van der Waals surface area contributed by atoms with E-state index in [0.717, 1.165) is 13.1 Å². The molecule has 1 saturated heterocycles. The van der Waals surface area contributed by atoms with Crippen LogP contribution in [0.1, 0.15) is 24.2 Å². The van der Waals surface area contributed by atoms with Crippen LogP contribution in [-0.4, -0.2) is 48.9 Å². The Bertz CT molecular complexity index is 542. The predicted octanol–water partition coefficient (Wildman–Crippen LogP) is 1.01. The van der Waals surface area contributed by atoms with Gasteiger partial charge in [-0.3, -0.25) is 9.59 Å². The first-order valence-electron chi connectivity index (χ1n) is 7.55. The van der Waals surface area contributed by atoms with E-state index in [1.807, 2.05) is 13.8 Å². The summed E-state index contributed by atoms with van der Waals surface area (Å²) in [6, 6.07) is 5.12. The molecule has 1 fully saturated rings. The van der Waals surface area contributed by atoms with Crippen LogP contribution in [0.3, 0.4) is 0 Å². The maximum absolute atomic E-state index is 13.7. The van der Waals surface area contributed by atoms with E-state index in [2.05, 4.69) is 10.6 Å². The normalized spacial score (nSPS) is 16.5. The largest absolute Gasteiger partial charge is 0.340 e. The van der Waals surface area contributed by atoms with E-state index in [1.165, 1.54) is 18.2 Å². The molecule has 1 aliphatic heterocycles. The topological polar surface area (TPSA) is 61.4 Å². The first kappa shape index (κ1) is 16.4. The van der Waals surface area contributed by atoms with Crippen LogP contribution in [0.25, 0.3) is 0 Å². The number of hydrogen-bond acceptors (Lipinski definition) is 3. The van der Waals surface area contributed by atoms with Crippen molar-refractivity contribution in [2.45, 2.75) is 19.9 Å². The summed E-state index contributed by atoms with van der Waals surface area (Å²) < 4.78 is 13.7. The minimum absolute atomic E-state index is 0.0405. The summed E-state index contributed by atoms with van der Waals surface area (Å²) >= 11 is 0. The molecule has 22 heavy (non-hydrogen) atoms. The van der Waals surface area contributed by atoms with Gasteiger partial charge in [-0.25, -0.2) is 4.39 Å². The third kappa shape index (κ3) is 3.82. The molecule has 1 atom stereocenters. The number of carbonyl (C=O) groups is 2. The first-order chi connectivity index (χ1) is 10.5. The molecule has 0 radical (unpaired) electrons. The van der Waals surface area contributed by atoms with E-state index in [4.69, 9.17) is 0 Å². The molecule has 0 spiro atoms. The third-order valence-corrected chi connectivity index (χ3v) is 3.77. The number of carbonyl (C=O) groups excluding carboxylic acids is 2. The number of benzene rings is 1. The summed E-state index contributed by atoms with van der Waals surface area (Å²) in [5.74, 6) is -1.32. The van der Waals surface area contributed by atoms with Crippen LogP contribution in [0, 0.1) is 11.7 Å². The standard InChI is InChI=1S/C16H22FN3O2/c1-11(2)14(16(22)20-9-7-18-8-10-20)19-15(21)12-5-3-4-6-13(12)17/h3-6,11,14,18H,7-10H2,1-2H3,(H,19,21). The summed E-state index contributed by atoms with van der Waals surface area (Å²) in [6.07, 6.45) is 0. The fraction of sp³-hybridized carbons (Fsp3) is 0.500. The first-order valence-corrected chi connectivity index (χ1v) is 7.55. The molecule has 1 unspecified atom stereocenters. The zero-order valence-electron chi connectivity index (χ0n) is 12.9. The van der Waals surface area contributed by atoms with Crippen LogP contribution < -0.4 is 10.6 Å². The summed E-state index contributed by atoms with van der Waals surface area (Å²) in [5, 5.41) is 5.86. The number of nitrogens with zero attached hydrogens (tertiary/aromatic N) is 1. The molecule has 2 amide bonds. The highest BCUT2D eigenvalue weighted by molar-refractivity contribution is 5.97. The van der Waals surface area contributed by atoms with Crippen molar-refractivity contribution in [3.8, 4) is 0 Å². The maximum Gasteiger partial charge on any atom is 0.254 e. The van der Waals surface area contributed by atoms with Gasteiger partial charge >= 0.3 is 0 Å². The van der Waals surface area contributed by atoms with Crippen molar-refractivity contribution in [3.63, 3.8) is 0 Å². The van der Waals surface area contributed by atoms with Crippen molar-refractivity contribution in [3.05, 3.63) is 35.6 Å². The Morgan fingerprint density at radius 1 is 1.23 bits per heavy atom. The van der Waals surface area contributed by atoms with E-state index in [1.54, 1.807) is 11.0 Å². The highest BCUT2D eigenvalue weighted by Gasteiger charge is 2.30. The Hall–Kier alpha value is -1.95. The predicted molar refractivity (Wildman–Crippen MR) is 81.9 cm³/mol. The van der Waals surface area contributed by atoms with Crippen LogP contribution in [0.2, 0.25) is 0 Å². The molecular formula is C16H22FN3O2. The second kappa shape index (κ2) is 7.35. The Morgan fingerprint density at radius 2 is 1.86 bits per heavy atom. The van der Waals surface area contributed by atoms with Gasteiger partial charge in [-0.15, -0.1) is 0 Å². The lowest BCUT2D eigenvalue weighted by Crippen LogP contribution is -2.55. The van der Waals surface area contributed by atoms with Gasteiger partial charge in [0.05, 0.1) is 5.56 Å². The fourth-order valence-corrected chi connectivity index (χ4v) is 2.46. The molecule has 120 valence electrons. The van der Waals surface area contributed by atoms with Crippen molar-refractivity contribution in [1.82, 2.24) is 15.5 Å². The minimum atomic E-state index is -0.648. The number of nitrogens with one attached hydrogen (secondary N) is 2. The Balaban J connectivity index is 2.10. The zero-order valence-corrected chi connectivity index (χ0v) is 12.9. The lowest BCUT2D eigenvalue weighted by Gasteiger charge is -2.32. The molecule has 1 aliphatic rings. The molecule has 0 aliphatic carbocycles. The lowest BCUT2D eigenvalue weighted by atomic mass is 10.0. The van der Waals surface area contributed by atoms with Crippen molar-refractivity contribution in [1.29, 1.82) is 0 Å². The minimum Gasteiger partial charge on any atom is -0.340 e. The molecule has 1 heterocycles. The number of rotatable bonds is 4.